The van der Waals surface area contributed by atoms with Crippen LogP contribution in [0.15, 0.2) is 54.6 Å². The van der Waals surface area contributed by atoms with Crippen LogP contribution in [0, 0.1) is 6.92 Å². The first kappa shape index (κ1) is 21.5. The number of carbonyl (C=O) groups excluding carboxylic acids is 2. The molecule has 0 N–H and O–H groups in total. The SMILES string of the molecule is CCOC(=O)CCN(Cc1ccc(C)cc1)C(=O)CCCOc1ccccc1. The van der Waals surface area contributed by atoms with Crippen molar-refractivity contribution in [2.24, 2.45) is 0 Å². The van der Waals surface area contributed by atoms with Crippen molar-refractivity contribution in [3.63, 3.8) is 0 Å². The molecule has 2 aromatic carbocycles. The highest BCUT2D eigenvalue weighted by atomic mass is 16.5. The molecule has 0 saturated heterocycles. The second-order valence-corrected chi connectivity index (χ2v) is 6.62. The molecule has 5 nitrogen and oxygen atoms in total. The molecule has 28 heavy (non-hydrogen) atoms. The summed E-state index contributed by atoms with van der Waals surface area (Å²) in [6, 6.07) is 17.6. The van der Waals surface area contributed by atoms with Crippen LogP contribution in [0.4, 0.5) is 0 Å². The van der Waals surface area contributed by atoms with Gasteiger partial charge in [0.1, 0.15) is 5.75 Å². The fraction of sp³-hybridized carbons (Fsp3) is 0.391. The molecule has 0 aromatic heterocycles. The van der Waals surface area contributed by atoms with Gasteiger partial charge in [-0.25, -0.2) is 0 Å². The summed E-state index contributed by atoms with van der Waals surface area (Å²) in [7, 11) is 0. The molecule has 0 bridgehead atoms. The van der Waals surface area contributed by atoms with Gasteiger partial charge in [-0.2, -0.15) is 0 Å². The number of nitrogens with zero attached hydrogens (tertiary/aromatic N) is 1. The van der Waals surface area contributed by atoms with Crippen molar-refractivity contribution < 1.29 is 19.1 Å². The third kappa shape index (κ3) is 7.82. The van der Waals surface area contributed by atoms with Gasteiger partial charge in [0.25, 0.3) is 0 Å². The Balaban J connectivity index is 1.87. The van der Waals surface area contributed by atoms with E-state index in [1.165, 1.54) is 5.56 Å². The summed E-state index contributed by atoms with van der Waals surface area (Å²) in [5.41, 5.74) is 2.22. The van der Waals surface area contributed by atoms with Crippen molar-refractivity contribution in [3.8, 4) is 5.75 Å². The minimum Gasteiger partial charge on any atom is -0.494 e. The van der Waals surface area contributed by atoms with Gasteiger partial charge in [-0.3, -0.25) is 9.59 Å². The Kier molecular flexibility index (Phi) is 9.05. The summed E-state index contributed by atoms with van der Waals surface area (Å²) in [6.45, 7) is 5.47. The topological polar surface area (TPSA) is 55.8 Å². The van der Waals surface area contributed by atoms with E-state index in [0.29, 0.717) is 39.1 Å². The van der Waals surface area contributed by atoms with Gasteiger partial charge < -0.3 is 14.4 Å². The normalized spacial score (nSPS) is 10.4. The van der Waals surface area contributed by atoms with E-state index in [4.69, 9.17) is 9.47 Å². The van der Waals surface area contributed by atoms with Crippen LogP contribution in [0.1, 0.15) is 37.3 Å². The zero-order chi connectivity index (χ0) is 20.2. The summed E-state index contributed by atoms with van der Waals surface area (Å²) < 4.78 is 10.6. The average molecular weight is 383 g/mol. The molecule has 1 amide bonds. The lowest BCUT2D eigenvalue weighted by molar-refractivity contribution is -0.144. The Hall–Kier alpha value is -2.82. The second kappa shape index (κ2) is 11.8. The Morgan fingerprint density at radius 2 is 1.68 bits per heavy atom. The van der Waals surface area contributed by atoms with Crippen molar-refractivity contribution in [2.75, 3.05) is 19.8 Å². The predicted octanol–water partition coefficient (Wildman–Crippen LogP) is 4.14. The van der Waals surface area contributed by atoms with E-state index in [1.807, 2.05) is 61.5 Å². The highest BCUT2D eigenvalue weighted by molar-refractivity contribution is 5.77. The summed E-state index contributed by atoms with van der Waals surface area (Å²) in [5, 5.41) is 0. The van der Waals surface area contributed by atoms with E-state index < -0.39 is 0 Å². The smallest absolute Gasteiger partial charge is 0.307 e. The number of aryl methyl sites for hydroxylation is 1. The molecular weight excluding hydrogens is 354 g/mol. The fourth-order valence-corrected chi connectivity index (χ4v) is 2.75. The van der Waals surface area contributed by atoms with Gasteiger partial charge >= 0.3 is 5.97 Å². The van der Waals surface area contributed by atoms with Gasteiger partial charge in [-0.1, -0.05) is 48.0 Å². The number of esters is 1. The molecule has 0 aliphatic rings. The number of hydrogen-bond donors (Lipinski definition) is 0. The number of benzene rings is 2. The van der Waals surface area contributed by atoms with E-state index in [-0.39, 0.29) is 18.3 Å². The van der Waals surface area contributed by atoms with Gasteiger partial charge in [0.2, 0.25) is 5.91 Å². The van der Waals surface area contributed by atoms with Crippen LogP contribution in [0.5, 0.6) is 5.75 Å². The molecule has 0 aliphatic heterocycles. The van der Waals surface area contributed by atoms with Crippen LogP contribution in [-0.4, -0.2) is 36.5 Å². The first-order valence-corrected chi connectivity index (χ1v) is 9.75. The molecule has 5 heteroatoms. The third-order valence-electron chi connectivity index (χ3n) is 4.28. The molecule has 0 atom stereocenters. The van der Waals surface area contributed by atoms with Gasteiger partial charge in [0.15, 0.2) is 0 Å². The van der Waals surface area contributed by atoms with Gasteiger partial charge in [0, 0.05) is 19.5 Å². The zero-order valence-corrected chi connectivity index (χ0v) is 16.7. The Morgan fingerprint density at radius 3 is 2.36 bits per heavy atom. The lowest BCUT2D eigenvalue weighted by Gasteiger charge is -2.23. The fourth-order valence-electron chi connectivity index (χ4n) is 2.75. The number of ether oxygens (including phenoxy) is 2. The number of para-hydroxylation sites is 1. The predicted molar refractivity (Wildman–Crippen MR) is 109 cm³/mol. The maximum Gasteiger partial charge on any atom is 0.307 e. The highest BCUT2D eigenvalue weighted by Crippen LogP contribution is 2.12. The molecule has 150 valence electrons. The molecule has 0 heterocycles. The third-order valence-corrected chi connectivity index (χ3v) is 4.28. The van der Waals surface area contributed by atoms with E-state index in [9.17, 15) is 9.59 Å². The van der Waals surface area contributed by atoms with E-state index in [1.54, 1.807) is 11.8 Å². The lowest BCUT2D eigenvalue weighted by atomic mass is 10.1. The average Bonchev–Trinajstić information content (AvgIpc) is 2.70. The lowest BCUT2D eigenvalue weighted by Crippen LogP contribution is -2.33. The minimum absolute atomic E-state index is 0.0153. The number of rotatable bonds is 11. The number of amides is 1. The van der Waals surface area contributed by atoms with Crippen LogP contribution in [-0.2, 0) is 20.9 Å². The molecule has 0 spiro atoms. The molecule has 2 rings (SSSR count). The van der Waals surface area contributed by atoms with Crippen LogP contribution >= 0.6 is 0 Å². The van der Waals surface area contributed by atoms with Crippen molar-refractivity contribution in [1.29, 1.82) is 0 Å². The summed E-state index contributed by atoms with van der Waals surface area (Å²) in [6.07, 6.45) is 1.20. The summed E-state index contributed by atoms with van der Waals surface area (Å²) in [5.74, 6) is 0.534. The van der Waals surface area contributed by atoms with Crippen LogP contribution in [0.25, 0.3) is 0 Å². The van der Waals surface area contributed by atoms with Crippen molar-refractivity contribution in [1.82, 2.24) is 4.90 Å². The molecule has 0 radical (unpaired) electrons. The Morgan fingerprint density at radius 1 is 0.964 bits per heavy atom. The van der Waals surface area contributed by atoms with Crippen LogP contribution in [0.3, 0.4) is 0 Å². The van der Waals surface area contributed by atoms with E-state index >= 15 is 0 Å². The second-order valence-electron chi connectivity index (χ2n) is 6.62. The molecule has 0 aliphatic carbocycles. The van der Waals surface area contributed by atoms with E-state index in [2.05, 4.69) is 0 Å². The maximum atomic E-state index is 12.7. The van der Waals surface area contributed by atoms with Crippen LogP contribution < -0.4 is 4.74 Å². The van der Waals surface area contributed by atoms with Gasteiger partial charge in [-0.15, -0.1) is 0 Å². The minimum atomic E-state index is -0.281. The quantitative estimate of drug-likeness (QED) is 0.432. The van der Waals surface area contributed by atoms with Gasteiger partial charge in [-0.05, 0) is 38.0 Å². The molecule has 0 fully saturated rings. The van der Waals surface area contributed by atoms with Crippen molar-refractivity contribution >= 4 is 11.9 Å². The van der Waals surface area contributed by atoms with E-state index in [0.717, 1.165) is 11.3 Å². The number of carbonyl (C=O) groups is 2. The van der Waals surface area contributed by atoms with Crippen molar-refractivity contribution in [3.05, 3.63) is 65.7 Å². The summed E-state index contributed by atoms with van der Waals surface area (Å²) in [4.78, 5) is 26.1. The molecule has 0 saturated carbocycles. The molecule has 0 unspecified atom stereocenters. The molecule has 2 aromatic rings. The largest absolute Gasteiger partial charge is 0.494 e. The highest BCUT2D eigenvalue weighted by Gasteiger charge is 2.16. The monoisotopic (exact) mass is 383 g/mol. The van der Waals surface area contributed by atoms with Crippen molar-refractivity contribution in [2.45, 2.75) is 39.7 Å². The Labute approximate surface area is 167 Å². The standard InChI is InChI=1S/C23H29NO4/c1-3-27-23(26)15-16-24(18-20-13-11-19(2)12-14-20)22(25)10-7-17-28-21-8-5-4-6-9-21/h4-6,8-9,11-14H,3,7,10,15-18H2,1-2H3. The summed E-state index contributed by atoms with van der Waals surface area (Å²) >= 11 is 0. The number of hydrogen-bond acceptors (Lipinski definition) is 4. The van der Waals surface area contributed by atoms with Crippen LogP contribution in [0.2, 0.25) is 0 Å². The van der Waals surface area contributed by atoms with Gasteiger partial charge in [0.05, 0.1) is 19.6 Å². The first-order chi connectivity index (χ1) is 13.6. The zero-order valence-electron chi connectivity index (χ0n) is 16.7. The molecular formula is C23H29NO4. The Bertz CT molecular complexity index is 728. The first-order valence-electron chi connectivity index (χ1n) is 9.75. The maximum absolute atomic E-state index is 12.7.